The summed E-state index contributed by atoms with van der Waals surface area (Å²) in [5.41, 5.74) is 10.8. The Bertz CT molecular complexity index is 1340. The molecule has 1 aromatic carbocycles. The van der Waals surface area contributed by atoms with E-state index in [1.54, 1.807) is 4.57 Å². The third-order valence-electron chi connectivity index (χ3n) is 6.38. The van der Waals surface area contributed by atoms with Gasteiger partial charge in [0.05, 0.1) is 18.8 Å². The van der Waals surface area contributed by atoms with Crippen LogP contribution in [0.1, 0.15) is 43.7 Å². The first-order chi connectivity index (χ1) is 17.1. The lowest BCUT2D eigenvalue weighted by atomic mass is 10.1. The van der Waals surface area contributed by atoms with Gasteiger partial charge in [-0.05, 0) is 49.5 Å². The highest BCUT2D eigenvalue weighted by Gasteiger charge is 2.15. The van der Waals surface area contributed by atoms with Crippen LogP contribution in [0.2, 0.25) is 0 Å². The van der Waals surface area contributed by atoms with Crippen molar-refractivity contribution >= 4 is 17.0 Å². The van der Waals surface area contributed by atoms with Crippen molar-refractivity contribution in [3.8, 4) is 17.3 Å². The van der Waals surface area contributed by atoms with Crippen molar-refractivity contribution in [1.29, 1.82) is 0 Å². The number of nitrogens with one attached hydrogen (secondary N) is 1. The molecule has 1 aliphatic rings. The Hall–Kier alpha value is -3.72. The number of hydrogen-bond donors (Lipinski definition) is 2. The van der Waals surface area contributed by atoms with Crippen LogP contribution in [0.4, 0.5) is 5.82 Å². The van der Waals surface area contributed by atoms with Crippen LogP contribution in [0.3, 0.4) is 0 Å². The number of nitrogen functional groups attached to an aromatic ring is 1. The molecule has 4 aromatic rings. The number of H-pyrrole nitrogens is 1. The van der Waals surface area contributed by atoms with E-state index in [1.807, 2.05) is 30.5 Å². The normalized spacial score (nSPS) is 14.1. The molecule has 0 aliphatic carbocycles. The number of aromatic amines is 1. The van der Waals surface area contributed by atoms with Crippen LogP contribution in [0.5, 0.6) is 6.01 Å². The second-order valence-electron chi connectivity index (χ2n) is 9.04. The van der Waals surface area contributed by atoms with E-state index in [0.29, 0.717) is 24.3 Å². The molecule has 9 nitrogen and oxygen atoms in total. The van der Waals surface area contributed by atoms with Crippen molar-refractivity contribution in [1.82, 2.24) is 29.4 Å². The Morgan fingerprint density at radius 3 is 2.51 bits per heavy atom. The molecule has 0 bridgehead atoms. The number of imidazole rings is 1. The van der Waals surface area contributed by atoms with E-state index in [-0.39, 0.29) is 17.5 Å². The van der Waals surface area contributed by atoms with E-state index < -0.39 is 0 Å². The maximum Gasteiger partial charge on any atom is 0.328 e. The van der Waals surface area contributed by atoms with Gasteiger partial charge in [-0.2, -0.15) is 9.97 Å². The van der Waals surface area contributed by atoms with Crippen LogP contribution in [-0.4, -0.2) is 49.1 Å². The Kier molecular flexibility index (Phi) is 6.76. The number of fused-ring (bicyclic) bond motifs is 1. The van der Waals surface area contributed by atoms with E-state index in [9.17, 15) is 4.79 Å². The lowest BCUT2D eigenvalue weighted by Gasteiger charge is -2.14. The molecule has 0 amide bonds. The van der Waals surface area contributed by atoms with Gasteiger partial charge in [-0.25, -0.2) is 4.79 Å². The van der Waals surface area contributed by atoms with Crippen LogP contribution in [0, 0.1) is 0 Å². The molecule has 182 valence electrons. The number of rotatable bonds is 9. The number of aromatic nitrogens is 5. The maximum atomic E-state index is 12.6. The first-order valence-corrected chi connectivity index (χ1v) is 12.3. The Balaban J connectivity index is 1.32. The lowest BCUT2D eigenvalue weighted by Crippen LogP contribution is -2.18. The highest BCUT2D eigenvalue weighted by Crippen LogP contribution is 2.21. The van der Waals surface area contributed by atoms with Gasteiger partial charge in [0.1, 0.15) is 5.52 Å². The van der Waals surface area contributed by atoms with E-state index in [2.05, 4.69) is 43.9 Å². The molecule has 9 heteroatoms. The summed E-state index contributed by atoms with van der Waals surface area (Å²) in [6.45, 7) is 6.25. The highest BCUT2D eigenvalue weighted by atomic mass is 16.5. The SMILES string of the molecule is CCCCOc1nc(N)c2[nH]c(=O)n(Cc3ccc(-c4ccc(CN5CCCC5)cn4)cc3)c2n1. The molecule has 1 saturated heterocycles. The van der Waals surface area contributed by atoms with Crippen LogP contribution in [-0.2, 0) is 13.1 Å². The molecule has 1 fully saturated rings. The summed E-state index contributed by atoms with van der Waals surface area (Å²) in [5.74, 6) is 0.201. The third kappa shape index (κ3) is 5.19. The van der Waals surface area contributed by atoms with Gasteiger partial charge in [-0.1, -0.05) is 43.7 Å². The lowest BCUT2D eigenvalue weighted by molar-refractivity contribution is 0.286. The molecule has 3 N–H and O–H groups in total. The van der Waals surface area contributed by atoms with E-state index in [0.717, 1.165) is 36.2 Å². The topological polar surface area (TPSA) is 115 Å². The van der Waals surface area contributed by atoms with E-state index >= 15 is 0 Å². The van der Waals surface area contributed by atoms with Crippen LogP contribution in [0.15, 0.2) is 47.4 Å². The number of hydrogen-bond acceptors (Lipinski definition) is 7. The number of pyridine rings is 1. The summed E-state index contributed by atoms with van der Waals surface area (Å²) < 4.78 is 7.17. The second-order valence-corrected chi connectivity index (χ2v) is 9.04. The molecule has 0 spiro atoms. The minimum absolute atomic E-state index is 0.186. The van der Waals surface area contributed by atoms with Crippen molar-refractivity contribution in [3.05, 3.63) is 64.2 Å². The van der Waals surface area contributed by atoms with Gasteiger partial charge < -0.3 is 15.5 Å². The standard InChI is InChI=1S/C26H31N7O2/c1-2-3-14-35-25-30-23(27)22-24(31-25)33(26(34)29-22)17-18-6-9-20(10-7-18)21-11-8-19(15-28-21)16-32-12-4-5-13-32/h6-11,15H,2-5,12-14,16-17H2,1H3,(H,29,34)(H2,27,30,31). The van der Waals surface area contributed by atoms with Gasteiger partial charge in [0.2, 0.25) is 0 Å². The number of benzene rings is 1. The first-order valence-electron chi connectivity index (χ1n) is 12.3. The quantitative estimate of drug-likeness (QED) is 0.357. The summed E-state index contributed by atoms with van der Waals surface area (Å²) in [4.78, 5) is 31.2. The summed E-state index contributed by atoms with van der Waals surface area (Å²) in [5, 5.41) is 0. The smallest absolute Gasteiger partial charge is 0.328 e. The predicted molar refractivity (Wildman–Crippen MR) is 136 cm³/mol. The van der Waals surface area contributed by atoms with E-state index in [1.165, 1.54) is 31.5 Å². The molecular formula is C26H31N7O2. The van der Waals surface area contributed by atoms with Crippen LogP contribution in [0.25, 0.3) is 22.4 Å². The summed E-state index contributed by atoms with van der Waals surface area (Å²) in [6.07, 6.45) is 6.44. The second kappa shape index (κ2) is 10.3. The average Bonchev–Trinajstić information content (AvgIpc) is 3.49. The predicted octanol–water partition coefficient (Wildman–Crippen LogP) is 3.59. The van der Waals surface area contributed by atoms with Gasteiger partial charge in [0.15, 0.2) is 11.5 Å². The number of unbranched alkanes of at least 4 members (excludes halogenated alkanes) is 1. The molecule has 0 radical (unpaired) electrons. The van der Waals surface area contributed by atoms with Gasteiger partial charge >= 0.3 is 11.7 Å². The third-order valence-corrected chi connectivity index (χ3v) is 6.38. The highest BCUT2D eigenvalue weighted by molar-refractivity contribution is 5.82. The van der Waals surface area contributed by atoms with Crippen molar-refractivity contribution in [2.24, 2.45) is 0 Å². The fraction of sp³-hybridized carbons (Fsp3) is 0.385. The van der Waals surface area contributed by atoms with E-state index in [4.69, 9.17) is 10.5 Å². The molecule has 0 atom stereocenters. The monoisotopic (exact) mass is 473 g/mol. The first kappa shape index (κ1) is 23.0. The zero-order valence-electron chi connectivity index (χ0n) is 20.0. The molecule has 5 rings (SSSR count). The average molecular weight is 474 g/mol. The zero-order chi connectivity index (χ0) is 24.2. The van der Waals surface area contributed by atoms with Crippen LogP contribution < -0.4 is 16.2 Å². The Morgan fingerprint density at radius 1 is 1.03 bits per heavy atom. The van der Waals surface area contributed by atoms with Gasteiger partial charge in [0.25, 0.3) is 0 Å². The Labute approximate surface area is 204 Å². The number of nitrogens with zero attached hydrogens (tertiary/aromatic N) is 5. The summed E-state index contributed by atoms with van der Waals surface area (Å²) in [6, 6.07) is 12.5. The fourth-order valence-corrected chi connectivity index (χ4v) is 4.40. The molecule has 35 heavy (non-hydrogen) atoms. The summed E-state index contributed by atoms with van der Waals surface area (Å²) in [7, 11) is 0. The molecular weight excluding hydrogens is 442 g/mol. The van der Waals surface area contributed by atoms with Crippen molar-refractivity contribution in [2.45, 2.75) is 45.7 Å². The van der Waals surface area contributed by atoms with Gasteiger partial charge in [0, 0.05) is 18.3 Å². The summed E-state index contributed by atoms with van der Waals surface area (Å²) >= 11 is 0. The zero-order valence-corrected chi connectivity index (χ0v) is 20.0. The minimum Gasteiger partial charge on any atom is -0.463 e. The fourth-order valence-electron chi connectivity index (χ4n) is 4.40. The number of nitrogens with two attached hydrogens (primary N) is 1. The number of likely N-dealkylation sites (tertiary alicyclic amines) is 1. The minimum atomic E-state index is -0.286. The van der Waals surface area contributed by atoms with Gasteiger partial charge in [-0.15, -0.1) is 0 Å². The number of anilines is 1. The molecule has 3 aromatic heterocycles. The van der Waals surface area contributed by atoms with Crippen molar-refractivity contribution in [2.75, 3.05) is 25.4 Å². The van der Waals surface area contributed by atoms with Crippen molar-refractivity contribution < 1.29 is 4.74 Å². The maximum absolute atomic E-state index is 12.6. The molecule has 1 aliphatic heterocycles. The Morgan fingerprint density at radius 2 is 1.80 bits per heavy atom. The molecule has 0 saturated carbocycles. The van der Waals surface area contributed by atoms with Crippen LogP contribution >= 0.6 is 0 Å². The van der Waals surface area contributed by atoms with Crippen molar-refractivity contribution in [3.63, 3.8) is 0 Å². The molecule has 0 unspecified atom stereocenters. The van der Waals surface area contributed by atoms with Gasteiger partial charge in [-0.3, -0.25) is 14.5 Å². The number of ether oxygens (including phenoxy) is 1. The largest absolute Gasteiger partial charge is 0.463 e. The molecule has 4 heterocycles.